The Morgan fingerprint density at radius 3 is 3.05 bits per heavy atom. The van der Waals surface area contributed by atoms with Crippen molar-refractivity contribution in [2.75, 3.05) is 6.54 Å². The van der Waals surface area contributed by atoms with Gasteiger partial charge >= 0.3 is 0 Å². The molecule has 0 atom stereocenters. The molecule has 0 N–H and O–H groups in total. The molecule has 3 rings (SSSR count). The van der Waals surface area contributed by atoms with Crippen molar-refractivity contribution >= 4 is 28.8 Å². The molecule has 0 unspecified atom stereocenters. The Morgan fingerprint density at radius 1 is 1.27 bits per heavy atom. The van der Waals surface area contributed by atoms with Crippen LogP contribution in [0.2, 0.25) is 0 Å². The number of imide groups is 1. The lowest BCUT2D eigenvalue weighted by Gasteiger charge is -2.15. The molecule has 0 bridgehead atoms. The number of nitrogens with zero attached hydrogens (tertiary/aromatic N) is 2. The van der Waals surface area contributed by atoms with E-state index in [-0.39, 0.29) is 11.8 Å². The molecule has 0 spiro atoms. The molecule has 2 heterocycles. The number of allylic oxidation sites excluding steroid dienone is 1. The minimum absolute atomic E-state index is 0.246. The van der Waals surface area contributed by atoms with Gasteiger partial charge in [-0.15, -0.1) is 0 Å². The minimum atomic E-state index is -0.287. The van der Waals surface area contributed by atoms with Crippen molar-refractivity contribution in [3.63, 3.8) is 0 Å². The Bertz CT molecular complexity index is 778. The van der Waals surface area contributed by atoms with Gasteiger partial charge in [-0.2, -0.15) is 0 Å². The van der Waals surface area contributed by atoms with E-state index in [0.29, 0.717) is 6.54 Å². The first-order valence-corrected chi connectivity index (χ1v) is 7.29. The number of hydrogen-bond donors (Lipinski definition) is 0. The van der Waals surface area contributed by atoms with Gasteiger partial charge in [0.15, 0.2) is 0 Å². The van der Waals surface area contributed by atoms with Gasteiger partial charge in [0.25, 0.3) is 11.8 Å². The fourth-order valence-corrected chi connectivity index (χ4v) is 2.41. The highest BCUT2D eigenvalue weighted by Crippen LogP contribution is 2.14. The van der Waals surface area contributed by atoms with Gasteiger partial charge in [0.2, 0.25) is 0 Å². The number of hydrogen-bond acceptors (Lipinski definition) is 3. The van der Waals surface area contributed by atoms with Crippen LogP contribution in [0.3, 0.4) is 0 Å². The number of fused-ring (bicyclic) bond motifs is 1. The standard InChI is InChI=1S/C18H16N2O2/c21-17-8-2-1-5-11-20(17)18(22)10-9-14-12-15-6-3-4-7-16(15)19-13-14/h2-4,6-10,12-13H,1,5,11H2/b10-9+. The number of pyridine rings is 1. The minimum Gasteiger partial charge on any atom is -0.275 e. The smallest absolute Gasteiger partial charge is 0.253 e. The molecule has 0 aliphatic carbocycles. The molecule has 0 saturated carbocycles. The van der Waals surface area contributed by atoms with Gasteiger partial charge in [0.1, 0.15) is 0 Å². The normalized spacial score (nSPS) is 15.5. The second-order valence-electron chi connectivity index (χ2n) is 5.17. The van der Waals surface area contributed by atoms with Crippen molar-refractivity contribution < 1.29 is 9.59 Å². The SMILES string of the molecule is O=C1C=CCCCN1C(=O)/C=C/c1cnc2ccccc2c1. The predicted molar refractivity (Wildman–Crippen MR) is 85.9 cm³/mol. The van der Waals surface area contributed by atoms with E-state index in [2.05, 4.69) is 4.98 Å². The van der Waals surface area contributed by atoms with Gasteiger partial charge in [0, 0.05) is 24.2 Å². The molecule has 2 aromatic rings. The number of para-hydroxylation sites is 1. The lowest BCUT2D eigenvalue weighted by Crippen LogP contribution is -2.34. The Balaban J connectivity index is 1.78. The molecule has 0 fully saturated rings. The van der Waals surface area contributed by atoms with E-state index < -0.39 is 0 Å². The van der Waals surface area contributed by atoms with Crippen LogP contribution in [-0.2, 0) is 9.59 Å². The van der Waals surface area contributed by atoms with Gasteiger partial charge in [-0.05, 0) is 42.7 Å². The number of carbonyl (C=O) groups is 2. The first kappa shape index (κ1) is 14.2. The molecule has 0 radical (unpaired) electrons. The summed E-state index contributed by atoms with van der Waals surface area (Å²) < 4.78 is 0. The average molecular weight is 292 g/mol. The average Bonchev–Trinajstić information content (AvgIpc) is 2.77. The van der Waals surface area contributed by atoms with E-state index in [1.54, 1.807) is 12.3 Å². The summed E-state index contributed by atoms with van der Waals surface area (Å²) in [6.45, 7) is 0.463. The molecule has 1 aliphatic heterocycles. The molecule has 2 amide bonds. The van der Waals surface area contributed by atoms with Gasteiger partial charge in [0.05, 0.1) is 5.52 Å². The van der Waals surface area contributed by atoms with Crippen LogP contribution in [-0.4, -0.2) is 28.2 Å². The predicted octanol–water partition coefficient (Wildman–Crippen LogP) is 2.95. The lowest BCUT2D eigenvalue weighted by molar-refractivity contribution is -0.138. The second-order valence-corrected chi connectivity index (χ2v) is 5.17. The van der Waals surface area contributed by atoms with Crippen LogP contribution >= 0.6 is 0 Å². The first-order chi connectivity index (χ1) is 10.7. The van der Waals surface area contributed by atoms with E-state index in [9.17, 15) is 9.59 Å². The molecule has 22 heavy (non-hydrogen) atoms. The van der Waals surface area contributed by atoms with Crippen molar-refractivity contribution in [3.8, 4) is 0 Å². The third-order valence-corrected chi connectivity index (χ3v) is 3.57. The zero-order chi connectivity index (χ0) is 15.4. The molecule has 1 aromatic carbocycles. The quantitative estimate of drug-likeness (QED) is 0.800. The monoisotopic (exact) mass is 292 g/mol. The number of carbonyl (C=O) groups excluding carboxylic acids is 2. The van der Waals surface area contributed by atoms with Crippen LogP contribution < -0.4 is 0 Å². The largest absolute Gasteiger partial charge is 0.275 e. The second kappa shape index (κ2) is 6.35. The maximum atomic E-state index is 12.2. The molecule has 4 nitrogen and oxygen atoms in total. The zero-order valence-corrected chi connectivity index (χ0v) is 12.1. The molecule has 1 aliphatic rings. The highest BCUT2D eigenvalue weighted by Gasteiger charge is 2.18. The summed E-state index contributed by atoms with van der Waals surface area (Å²) in [5.41, 5.74) is 1.75. The molecule has 4 heteroatoms. The summed E-state index contributed by atoms with van der Waals surface area (Å²) in [5.74, 6) is -0.534. The fourth-order valence-electron chi connectivity index (χ4n) is 2.41. The van der Waals surface area contributed by atoms with Crippen LogP contribution in [0.4, 0.5) is 0 Å². The third kappa shape index (κ3) is 3.11. The van der Waals surface area contributed by atoms with Crippen LogP contribution in [0.1, 0.15) is 18.4 Å². The first-order valence-electron chi connectivity index (χ1n) is 7.29. The van der Waals surface area contributed by atoms with Crippen molar-refractivity contribution in [1.29, 1.82) is 0 Å². The third-order valence-electron chi connectivity index (χ3n) is 3.57. The number of amides is 2. The highest BCUT2D eigenvalue weighted by molar-refractivity contribution is 6.06. The summed E-state index contributed by atoms with van der Waals surface area (Å²) in [6.07, 6.45) is 9.76. The van der Waals surface area contributed by atoms with Crippen LogP contribution in [0.5, 0.6) is 0 Å². The maximum absolute atomic E-state index is 12.2. The maximum Gasteiger partial charge on any atom is 0.253 e. The van der Waals surface area contributed by atoms with E-state index in [1.165, 1.54) is 17.1 Å². The summed E-state index contributed by atoms with van der Waals surface area (Å²) in [5, 5.41) is 1.02. The molecule has 110 valence electrons. The molecular weight excluding hydrogens is 276 g/mol. The van der Waals surface area contributed by atoms with Crippen molar-refractivity contribution in [3.05, 3.63) is 60.3 Å². The highest BCUT2D eigenvalue weighted by atomic mass is 16.2. The van der Waals surface area contributed by atoms with E-state index >= 15 is 0 Å². The Labute approximate surface area is 128 Å². The fraction of sp³-hybridized carbons (Fsp3) is 0.167. The Morgan fingerprint density at radius 2 is 2.14 bits per heavy atom. The van der Waals surface area contributed by atoms with Crippen molar-refractivity contribution in [2.24, 2.45) is 0 Å². The summed E-state index contributed by atoms with van der Waals surface area (Å²) in [4.78, 5) is 29.6. The van der Waals surface area contributed by atoms with E-state index in [1.807, 2.05) is 36.4 Å². The summed E-state index contributed by atoms with van der Waals surface area (Å²) in [6, 6.07) is 9.77. The topological polar surface area (TPSA) is 50.3 Å². The van der Waals surface area contributed by atoms with Crippen LogP contribution in [0.25, 0.3) is 17.0 Å². The van der Waals surface area contributed by atoms with Crippen molar-refractivity contribution in [2.45, 2.75) is 12.8 Å². The number of rotatable bonds is 2. The van der Waals surface area contributed by atoms with Crippen LogP contribution in [0.15, 0.2) is 54.8 Å². The van der Waals surface area contributed by atoms with E-state index in [4.69, 9.17) is 0 Å². The van der Waals surface area contributed by atoms with Gasteiger partial charge < -0.3 is 0 Å². The zero-order valence-electron chi connectivity index (χ0n) is 12.1. The van der Waals surface area contributed by atoms with Crippen molar-refractivity contribution in [1.82, 2.24) is 9.88 Å². The molecular formula is C18H16N2O2. The molecule has 0 saturated heterocycles. The molecule has 1 aromatic heterocycles. The Hall–Kier alpha value is -2.75. The summed E-state index contributed by atoms with van der Waals surface area (Å²) >= 11 is 0. The number of aromatic nitrogens is 1. The van der Waals surface area contributed by atoms with Crippen LogP contribution in [0, 0.1) is 0 Å². The van der Waals surface area contributed by atoms with Gasteiger partial charge in [-0.1, -0.05) is 24.3 Å². The number of benzene rings is 1. The van der Waals surface area contributed by atoms with Gasteiger partial charge in [-0.25, -0.2) is 0 Å². The summed E-state index contributed by atoms with van der Waals surface area (Å²) in [7, 11) is 0. The van der Waals surface area contributed by atoms with Gasteiger partial charge in [-0.3, -0.25) is 19.5 Å². The Kier molecular flexibility index (Phi) is 4.10. The van der Waals surface area contributed by atoms with E-state index in [0.717, 1.165) is 29.3 Å². The lowest BCUT2D eigenvalue weighted by atomic mass is 10.1.